The van der Waals surface area contributed by atoms with Crippen molar-refractivity contribution in [1.82, 2.24) is 10.3 Å². The molecular weight excluding hydrogens is 270 g/mol. The molecule has 0 aliphatic rings. The van der Waals surface area contributed by atoms with E-state index in [9.17, 15) is 14.7 Å². The molecule has 0 saturated heterocycles. The molecule has 1 heterocycles. The third-order valence-electron chi connectivity index (χ3n) is 3.40. The zero-order chi connectivity index (χ0) is 15.6. The second-order valence-corrected chi connectivity index (χ2v) is 5.04. The number of carbonyl (C=O) groups is 2. The lowest BCUT2D eigenvalue weighted by atomic mass is 10.1. The highest BCUT2D eigenvalue weighted by molar-refractivity contribution is 5.98. The summed E-state index contributed by atoms with van der Waals surface area (Å²) in [6.45, 7) is 1.96. The van der Waals surface area contributed by atoms with Crippen LogP contribution in [-0.2, 0) is 11.3 Å². The zero-order valence-electron chi connectivity index (χ0n) is 12.4. The monoisotopic (exact) mass is 289 g/mol. The van der Waals surface area contributed by atoms with Crippen LogP contribution in [0.15, 0.2) is 18.2 Å². The number of H-pyrrole nitrogens is 1. The van der Waals surface area contributed by atoms with Crippen molar-refractivity contribution in [2.24, 2.45) is 0 Å². The number of anilines is 1. The number of carboxylic acid groups (broad SMARTS) is 1. The van der Waals surface area contributed by atoms with Crippen molar-refractivity contribution in [3.63, 3.8) is 0 Å². The van der Waals surface area contributed by atoms with E-state index in [0.717, 1.165) is 16.6 Å². The predicted molar refractivity (Wildman–Crippen MR) is 81.7 cm³/mol. The third-order valence-corrected chi connectivity index (χ3v) is 3.40. The van der Waals surface area contributed by atoms with Crippen molar-refractivity contribution in [3.8, 4) is 0 Å². The van der Waals surface area contributed by atoms with Crippen LogP contribution in [0.3, 0.4) is 0 Å². The van der Waals surface area contributed by atoms with E-state index in [1.807, 2.05) is 37.2 Å². The average molecular weight is 289 g/mol. The van der Waals surface area contributed by atoms with Crippen LogP contribution in [-0.4, -0.2) is 36.1 Å². The first-order chi connectivity index (χ1) is 9.93. The maximum atomic E-state index is 11.4. The lowest BCUT2D eigenvalue weighted by Crippen LogP contribution is -2.22. The molecule has 0 atom stereocenters. The van der Waals surface area contributed by atoms with Gasteiger partial charge in [0.2, 0.25) is 5.91 Å². The van der Waals surface area contributed by atoms with E-state index in [1.54, 1.807) is 6.92 Å². The number of nitrogens with zero attached hydrogens (tertiary/aromatic N) is 1. The van der Waals surface area contributed by atoms with Gasteiger partial charge in [-0.3, -0.25) is 4.79 Å². The molecular formula is C15H19N3O3. The Balaban J connectivity index is 2.51. The fourth-order valence-corrected chi connectivity index (χ4v) is 2.19. The quantitative estimate of drug-likeness (QED) is 0.785. The summed E-state index contributed by atoms with van der Waals surface area (Å²) in [5.74, 6) is -1.14. The first kappa shape index (κ1) is 14.9. The smallest absolute Gasteiger partial charge is 0.352 e. The maximum Gasteiger partial charge on any atom is 0.352 e. The van der Waals surface area contributed by atoms with Gasteiger partial charge in [0, 0.05) is 49.2 Å². The second-order valence-electron chi connectivity index (χ2n) is 5.04. The van der Waals surface area contributed by atoms with Crippen LogP contribution >= 0.6 is 0 Å². The van der Waals surface area contributed by atoms with Crippen LogP contribution in [0.25, 0.3) is 10.9 Å². The fourth-order valence-electron chi connectivity index (χ4n) is 2.19. The molecule has 0 aliphatic heterocycles. The Morgan fingerprint density at radius 1 is 1.33 bits per heavy atom. The molecule has 0 spiro atoms. The molecule has 0 radical (unpaired) electrons. The number of hydrogen-bond donors (Lipinski definition) is 3. The number of hydrogen-bond acceptors (Lipinski definition) is 3. The molecule has 1 aromatic carbocycles. The Kier molecular flexibility index (Phi) is 4.16. The Morgan fingerprint density at radius 3 is 2.62 bits per heavy atom. The minimum Gasteiger partial charge on any atom is -0.477 e. The molecule has 112 valence electrons. The summed E-state index contributed by atoms with van der Waals surface area (Å²) in [5.41, 5.74) is 2.44. The van der Waals surface area contributed by atoms with E-state index in [4.69, 9.17) is 0 Å². The molecule has 0 bridgehead atoms. The highest BCUT2D eigenvalue weighted by Gasteiger charge is 2.18. The van der Waals surface area contributed by atoms with Crippen LogP contribution in [0.2, 0.25) is 0 Å². The predicted octanol–water partition coefficient (Wildman–Crippen LogP) is 1.96. The number of aromatic nitrogens is 1. The molecule has 1 amide bonds. The van der Waals surface area contributed by atoms with Crippen LogP contribution in [0, 0.1) is 0 Å². The number of aromatic carboxylic acids is 1. The number of carbonyl (C=O) groups excluding carboxylic acids is 1. The molecule has 2 aromatic rings. The van der Waals surface area contributed by atoms with Crippen LogP contribution in [0.4, 0.5) is 5.69 Å². The number of nitrogens with one attached hydrogen (secondary N) is 2. The van der Waals surface area contributed by atoms with E-state index < -0.39 is 5.97 Å². The summed E-state index contributed by atoms with van der Waals surface area (Å²) in [5, 5.41) is 12.9. The first-order valence-electron chi connectivity index (χ1n) is 6.76. The largest absolute Gasteiger partial charge is 0.477 e. The van der Waals surface area contributed by atoms with Crippen LogP contribution in [0.5, 0.6) is 0 Å². The van der Waals surface area contributed by atoms with Crippen molar-refractivity contribution < 1.29 is 14.7 Å². The first-order valence-corrected chi connectivity index (χ1v) is 6.76. The van der Waals surface area contributed by atoms with Crippen molar-refractivity contribution in [3.05, 3.63) is 29.5 Å². The fraction of sp³-hybridized carbons (Fsp3) is 0.333. The molecule has 2 rings (SSSR count). The van der Waals surface area contributed by atoms with Crippen LogP contribution in [0.1, 0.15) is 29.4 Å². The average Bonchev–Trinajstić information content (AvgIpc) is 2.82. The van der Waals surface area contributed by atoms with Crippen molar-refractivity contribution in [1.29, 1.82) is 0 Å². The summed E-state index contributed by atoms with van der Waals surface area (Å²) in [6.07, 6.45) is 0.369. The summed E-state index contributed by atoms with van der Waals surface area (Å²) >= 11 is 0. The third kappa shape index (κ3) is 2.99. The number of carboxylic acids is 1. The molecule has 0 aliphatic carbocycles. The number of aromatic amines is 1. The van der Waals surface area contributed by atoms with Gasteiger partial charge in [-0.25, -0.2) is 4.79 Å². The Labute approximate surface area is 122 Å². The minimum absolute atomic E-state index is 0.107. The number of rotatable bonds is 5. The van der Waals surface area contributed by atoms with Crippen molar-refractivity contribution in [2.45, 2.75) is 19.9 Å². The number of amides is 1. The van der Waals surface area contributed by atoms with E-state index in [1.165, 1.54) is 0 Å². The van der Waals surface area contributed by atoms with Gasteiger partial charge in [-0.15, -0.1) is 0 Å². The lowest BCUT2D eigenvalue weighted by molar-refractivity contribution is -0.120. The standard InChI is InChI=1S/C15H19N3O3/c1-4-13(19)16-8-11-10-7-9(18(2)3)5-6-12(10)17-14(11)15(20)21/h5-7,17H,4,8H2,1-3H3,(H,16,19)(H,20,21). The molecule has 3 N–H and O–H groups in total. The zero-order valence-corrected chi connectivity index (χ0v) is 12.4. The number of benzene rings is 1. The SMILES string of the molecule is CCC(=O)NCc1c(C(=O)O)[nH]c2ccc(N(C)C)cc12. The van der Waals surface area contributed by atoms with E-state index in [2.05, 4.69) is 10.3 Å². The highest BCUT2D eigenvalue weighted by atomic mass is 16.4. The van der Waals surface area contributed by atoms with Gasteiger partial charge in [-0.1, -0.05) is 6.92 Å². The van der Waals surface area contributed by atoms with Gasteiger partial charge in [-0.05, 0) is 18.2 Å². The summed E-state index contributed by atoms with van der Waals surface area (Å²) in [7, 11) is 3.84. The van der Waals surface area contributed by atoms with Gasteiger partial charge < -0.3 is 20.3 Å². The number of fused-ring (bicyclic) bond motifs is 1. The van der Waals surface area contributed by atoms with Gasteiger partial charge >= 0.3 is 5.97 Å². The highest BCUT2D eigenvalue weighted by Crippen LogP contribution is 2.26. The molecule has 6 nitrogen and oxygen atoms in total. The van der Waals surface area contributed by atoms with Crippen LogP contribution < -0.4 is 10.2 Å². The summed E-state index contributed by atoms with van der Waals surface area (Å²) in [6, 6.07) is 5.69. The van der Waals surface area contributed by atoms with Gasteiger partial charge in [0.15, 0.2) is 0 Å². The van der Waals surface area contributed by atoms with Gasteiger partial charge in [0.25, 0.3) is 0 Å². The van der Waals surface area contributed by atoms with Crippen molar-refractivity contribution in [2.75, 3.05) is 19.0 Å². The molecule has 1 aromatic heterocycles. The summed E-state index contributed by atoms with van der Waals surface area (Å²) < 4.78 is 0. The van der Waals surface area contributed by atoms with Gasteiger partial charge in [0.1, 0.15) is 5.69 Å². The van der Waals surface area contributed by atoms with E-state index in [0.29, 0.717) is 12.0 Å². The minimum atomic E-state index is -1.03. The molecule has 0 saturated carbocycles. The Morgan fingerprint density at radius 2 is 2.05 bits per heavy atom. The van der Waals surface area contributed by atoms with E-state index in [-0.39, 0.29) is 18.1 Å². The molecule has 0 unspecified atom stereocenters. The van der Waals surface area contributed by atoms with Gasteiger partial charge in [0.05, 0.1) is 0 Å². The van der Waals surface area contributed by atoms with E-state index >= 15 is 0 Å². The van der Waals surface area contributed by atoms with Gasteiger partial charge in [-0.2, -0.15) is 0 Å². The topological polar surface area (TPSA) is 85.4 Å². The normalized spacial score (nSPS) is 10.6. The Hall–Kier alpha value is -2.50. The van der Waals surface area contributed by atoms with Crippen molar-refractivity contribution >= 4 is 28.5 Å². The maximum absolute atomic E-state index is 11.4. The Bertz CT molecular complexity index is 689. The molecule has 6 heteroatoms. The lowest BCUT2D eigenvalue weighted by Gasteiger charge is -2.12. The second kappa shape index (κ2) is 5.87. The molecule has 0 fully saturated rings. The summed E-state index contributed by atoms with van der Waals surface area (Å²) in [4.78, 5) is 27.6. The molecule has 21 heavy (non-hydrogen) atoms.